The molecule has 0 heterocycles. The summed E-state index contributed by atoms with van der Waals surface area (Å²) in [6, 6.07) is 10.6. The maximum atomic E-state index is 7.57. The molecule has 1 aromatic rings. The standard InChI is InChI=1S/C6H8Ge.C2H6O.BH3O4/c7-6-4-2-1-3-5-6;1-2-3;2-1(3)5-4/h1-5H,7H3;3H,2H2,1H3;2-4H. The van der Waals surface area contributed by atoms with Crippen molar-refractivity contribution in [1.29, 1.82) is 0 Å². The number of benzene rings is 1. The molecule has 0 saturated carbocycles. The van der Waals surface area contributed by atoms with Gasteiger partial charge in [-0.25, -0.2) is 4.81 Å². The average Bonchev–Trinajstić information content (AvgIpc) is 2.21. The Kier molecular flexibility index (Phi) is 15.5. The van der Waals surface area contributed by atoms with Gasteiger partial charge in [0.25, 0.3) is 0 Å². The molecule has 0 aromatic heterocycles. The number of rotatable bonds is 1. The maximum absolute atomic E-state index is 7.57. The van der Waals surface area contributed by atoms with Crippen molar-refractivity contribution in [1.82, 2.24) is 0 Å². The molecule has 1 aromatic carbocycles. The Balaban J connectivity index is 0. The molecular weight excluding hydrogens is 260 g/mol. The van der Waals surface area contributed by atoms with Gasteiger partial charge in [-0.05, 0) is 6.92 Å². The van der Waals surface area contributed by atoms with Crippen molar-refractivity contribution in [2.24, 2.45) is 0 Å². The summed E-state index contributed by atoms with van der Waals surface area (Å²) in [6.07, 6.45) is 0. The van der Waals surface area contributed by atoms with Gasteiger partial charge in [-0.2, -0.15) is 0 Å². The fourth-order valence-corrected chi connectivity index (χ4v) is 1.34. The Morgan fingerprint density at radius 1 is 1.27 bits per heavy atom. The van der Waals surface area contributed by atoms with Crippen LogP contribution in [0.15, 0.2) is 30.3 Å². The normalized spacial score (nSPS) is 8.07. The Morgan fingerprint density at radius 3 is 1.73 bits per heavy atom. The SMILES string of the molecule is CCO.OOB(O)O.[GeH3][c]1ccccc1. The van der Waals surface area contributed by atoms with Gasteiger partial charge in [0.1, 0.15) is 0 Å². The number of aliphatic hydroxyl groups is 1. The first-order valence-corrected chi connectivity index (χ1v) is 6.47. The first kappa shape index (κ1) is 17.0. The minimum atomic E-state index is -2.06. The molecule has 0 radical (unpaired) electrons. The summed E-state index contributed by atoms with van der Waals surface area (Å²) in [5, 5.41) is 29.6. The van der Waals surface area contributed by atoms with Crippen LogP contribution in [0.1, 0.15) is 6.92 Å². The van der Waals surface area contributed by atoms with E-state index in [1.807, 2.05) is 0 Å². The van der Waals surface area contributed by atoms with E-state index in [2.05, 4.69) is 35.1 Å². The first-order valence-electron chi connectivity index (χ1n) is 4.37. The predicted molar refractivity (Wildman–Crippen MR) is 62.7 cm³/mol. The second kappa shape index (κ2) is 13.6. The molecule has 15 heavy (non-hydrogen) atoms. The number of aliphatic hydroxyl groups excluding tert-OH is 1. The van der Waals surface area contributed by atoms with E-state index in [9.17, 15) is 0 Å². The van der Waals surface area contributed by atoms with E-state index in [0.717, 1.165) is 16.5 Å². The molecule has 0 aliphatic carbocycles. The van der Waals surface area contributed by atoms with Crippen LogP contribution in [0, 0.1) is 0 Å². The molecule has 0 spiro atoms. The molecule has 0 aliphatic heterocycles. The Hall–Kier alpha value is -0.372. The molecule has 86 valence electrons. The van der Waals surface area contributed by atoms with Crippen LogP contribution in [-0.4, -0.2) is 50.9 Å². The molecule has 0 aliphatic rings. The summed E-state index contributed by atoms with van der Waals surface area (Å²) in [5.74, 6) is 0. The zero-order valence-corrected chi connectivity index (χ0v) is 13.1. The zero-order chi connectivity index (χ0) is 12.1. The molecule has 0 unspecified atom stereocenters. The van der Waals surface area contributed by atoms with Crippen LogP contribution in [0.25, 0.3) is 0 Å². The Morgan fingerprint density at radius 2 is 1.60 bits per heavy atom. The van der Waals surface area contributed by atoms with Gasteiger partial charge in [0.15, 0.2) is 0 Å². The Labute approximate surface area is 97.7 Å². The quantitative estimate of drug-likeness (QED) is 0.274. The Bertz CT molecular complexity index is 209. The third-order valence-corrected chi connectivity index (χ3v) is 2.43. The monoisotopic (exact) mass is 278 g/mol. The number of hydrogen-bond donors (Lipinski definition) is 4. The van der Waals surface area contributed by atoms with Gasteiger partial charge in [0.2, 0.25) is 0 Å². The zero-order valence-electron chi connectivity index (χ0n) is 8.87. The molecule has 0 amide bonds. The van der Waals surface area contributed by atoms with Crippen molar-refractivity contribution >= 4 is 28.2 Å². The van der Waals surface area contributed by atoms with Crippen LogP contribution < -0.4 is 4.40 Å². The van der Waals surface area contributed by atoms with Gasteiger partial charge >= 0.3 is 58.6 Å². The van der Waals surface area contributed by atoms with E-state index in [1.165, 1.54) is 4.40 Å². The van der Waals surface area contributed by atoms with Gasteiger partial charge in [-0.1, -0.05) is 0 Å². The van der Waals surface area contributed by atoms with Crippen molar-refractivity contribution in [2.75, 3.05) is 6.61 Å². The summed E-state index contributed by atoms with van der Waals surface area (Å²) >= 11 is 0.855. The minimum absolute atomic E-state index is 0.250. The molecule has 0 atom stereocenters. The van der Waals surface area contributed by atoms with Crippen LogP contribution in [0.3, 0.4) is 0 Å². The molecule has 1 rings (SSSR count). The second-order valence-electron chi connectivity index (χ2n) is 2.40. The summed E-state index contributed by atoms with van der Waals surface area (Å²) in [5.41, 5.74) is 0. The van der Waals surface area contributed by atoms with Crippen LogP contribution in [-0.2, 0) is 4.81 Å². The third-order valence-electron chi connectivity index (χ3n) is 1.03. The summed E-state index contributed by atoms with van der Waals surface area (Å²) in [4.78, 5) is 2.86. The topological polar surface area (TPSA) is 90.2 Å². The van der Waals surface area contributed by atoms with Crippen LogP contribution in [0.2, 0.25) is 0 Å². The van der Waals surface area contributed by atoms with Crippen LogP contribution in [0.4, 0.5) is 0 Å². The van der Waals surface area contributed by atoms with Gasteiger partial charge in [-0.15, -0.1) is 0 Å². The van der Waals surface area contributed by atoms with Crippen molar-refractivity contribution in [3.63, 3.8) is 0 Å². The summed E-state index contributed by atoms with van der Waals surface area (Å²) in [7, 11) is -2.06. The van der Waals surface area contributed by atoms with E-state index in [1.54, 1.807) is 6.92 Å². The van der Waals surface area contributed by atoms with Gasteiger partial charge in [0, 0.05) is 6.61 Å². The fraction of sp³-hybridized carbons (Fsp3) is 0.250. The predicted octanol–water partition coefficient (Wildman–Crippen LogP) is -1.88. The second-order valence-corrected chi connectivity index (χ2v) is 4.83. The van der Waals surface area contributed by atoms with Crippen LogP contribution in [0.5, 0.6) is 0 Å². The van der Waals surface area contributed by atoms with E-state index < -0.39 is 7.32 Å². The van der Waals surface area contributed by atoms with Crippen molar-refractivity contribution < 1.29 is 25.2 Å². The first-order chi connectivity index (χ1) is 7.08. The van der Waals surface area contributed by atoms with Gasteiger partial charge < -0.3 is 15.2 Å². The average molecular weight is 277 g/mol. The summed E-state index contributed by atoms with van der Waals surface area (Å²) < 4.78 is 1.51. The van der Waals surface area contributed by atoms with Gasteiger partial charge in [-0.3, -0.25) is 5.26 Å². The van der Waals surface area contributed by atoms with Crippen molar-refractivity contribution in [3.8, 4) is 0 Å². The molecule has 0 fully saturated rings. The van der Waals surface area contributed by atoms with Crippen molar-refractivity contribution in [3.05, 3.63) is 30.3 Å². The molecule has 7 heteroatoms. The van der Waals surface area contributed by atoms with E-state index in [-0.39, 0.29) is 6.61 Å². The molecule has 5 nitrogen and oxygen atoms in total. The summed E-state index contributed by atoms with van der Waals surface area (Å²) in [6.45, 7) is 1.93. The van der Waals surface area contributed by atoms with Crippen LogP contribution >= 0.6 is 0 Å². The molecular formula is C8H17BGeO5. The van der Waals surface area contributed by atoms with Gasteiger partial charge in [0.05, 0.1) is 0 Å². The molecule has 0 saturated heterocycles. The van der Waals surface area contributed by atoms with Crippen molar-refractivity contribution in [2.45, 2.75) is 6.92 Å². The van der Waals surface area contributed by atoms with E-state index in [4.69, 9.17) is 20.4 Å². The molecule has 4 N–H and O–H groups in total. The fourth-order valence-electron chi connectivity index (χ4n) is 0.534. The number of hydrogen-bond acceptors (Lipinski definition) is 5. The third kappa shape index (κ3) is 19.9. The van der Waals surface area contributed by atoms with E-state index in [0.29, 0.717) is 0 Å². The van der Waals surface area contributed by atoms with E-state index >= 15 is 0 Å². The molecule has 0 bridgehead atoms.